The molecule has 4 unspecified atom stereocenters. The van der Waals surface area contributed by atoms with E-state index in [9.17, 15) is 0 Å². The quantitative estimate of drug-likeness (QED) is 0.153. The molecular formula is C74H72N2. The molecule has 378 valence electrons. The fourth-order valence-electron chi connectivity index (χ4n) is 17.3. The van der Waals surface area contributed by atoms with Crippen molar-refractivity contribution >= 4 is 55.1 Å². The molecule has 14 rings (SSSR count). The van der Waals surface area contributed by atoms with Crippen LogP contribution in [-0.2, 0) is 10.8 Å². The molecule has 0 saturated heterocycles. The molecule has 0 radical (unpaired) electrons. The zero-order chi connectivity index (χ0) is 52.0. The van der Waals surface area contributed by atoms with E-state index < -0.39 is 0 Å². The van der Waals surface area contributed by atoms with Gasteiger partial charge in [0, 0.05) is 33.6 Å². The van der Waals surface area contributed by atoms with Gasteiger partial charge in [0.1, 0.15) is 0 Å². The second-order valence-corrected chi connectivity index (χ2v) is 25.9. The van der Waals surface area contributed by atoms with E-state index in [0.29, 0.717) is 0 Å². The number of nitrogens with zero attached hydrogens (tertiary/aromatic N) is 2. The Balaban J connectivity index is 1.05. The monoisotopic (exact) mass is 989 g/mol. The average Bonchev–Trinajstić information content (AvgIpc) is 4.06. The largest absolute Gasteiger partial charge is 0.334 e. The Morgan fingerprint density at radius 1 is 0.329 bits per heavy atom. The molecule has 0 spiro atoms. The lowest BCUT2D eigenvalue weighted by Gasteiger charge is -2.59. The highest BCUT2D eigenvalue weighted by atomic mass is 15.3. The van der Waals surface area contributed by atoms with Crippen LogP contribution in [0, 0.1) is 10.8 Å². The maximum atomic E-state index is 2.79. The smallest absolute Gasteiger partial charge is 0.0594 e. The second kappa shape index (κ2) is 16.7. The summed E-state index contributed by atoms with van der Waals surface area (Å²) >= 11 is 0. The van der Waals surface area contributed by atoms with Crippen molar-refractivity contribution in [3.63, 3.8) is 0 Å². The molecule has 2 heteroatoms. The lowest BCUT2D eigenvalue weighted by atomic mass is 9.52. The number of fused-ring (bicyclic) bond motifs is 6. The Morgan fingerprint density at radius 3 is 0.987 bits per heavy atom. The molecule has 0 N–H and O–H groups in total. The van der Waals surface area contributed by atoms with E-state index in [-0.39, 0.29) is 32.7 Å². The molecule has 76 heavy (non-hydrogen) atoms. The van der Waals surface area contributed by atoms with Gasteiger partial charge in [0.15, 0.2) is 0 Å². The first-order chi connectivity index (χ1) is 36.7. The van der Waals surface area contributed by atoms with Gasteiger partial charge in [-0.3, -0.25) is 0 Å². The molecule has 10 aromatic rings. The fraction of sp³-hybridized carbons (Fsp3) is 0.297. The van der Waals surface area contributed by atoms with E-state index in [1.54, 1.807) is 0 Å². The van der Waals surface area contributed by atoms with Gasteiger partial charge in [-0.2, -0.15) is 0 Å². The fourth-order valence-corrected chi connectivity index (χ4v) is 17.3. The van der Waals surface area contributed by atoms with Crippen molar-refractivity contribution in [2.24, 2.45) is 10.8 Å². The highest BCUT2D eigenvalue weighted by Gasteiger charge is 2.66. The van der Waals surface area contributed by atoms with Crippen LogP contribution in [0.5, 0.6) is 0 Å². The summed E-state index contributed by atoms with van der Waals surface area (Å²) in [6.07, 6.45) is 9.66. The molecule has 0 bridgehead atoms. The molecule has 0 amide bonds. The molecule has 4 atom stereocenters. The van der Waals surface area contributed by atoms with Crippen molar-refractivity contribution in [1.29, 1.82) is 0 Å². The van der Waals surface area contributed by atoms with Gasteiger partial charge in [0.2, 0.25) is 0 Å². The predicted octanol–water partition coefficient (Wildman–Crippen LogP) is 20.8. The summed E-state index contributed by atoms with van der Waals surface area (Å²) < 4.78 is 0. The van der Waals surface area contributed by atoms with Gasteiger partial charge in [-0.05, 0) is 185 Å². The zero-order valence-electron chi connectivity index (χ0n) is 46.0. The first kappa shape index (κ1) is 47.3. The summed E-state index contributed by atoms with van der Waals surface area (Å²) in [4.78, 5) is 5.57. The van der Waals surface area contributed by atoms with Crippen molar-refractivity contribution in [3.8, 4) is 44.5 Å². The Hall–Kier alpha value is -7.16. The predicted molar refractivity (Wildman–Crippen MR) is 325 cm³/mol. The van der Waals surface area contributed by atoms with Crippen LogP contribution in [0.3, 0.4) is 0 Å². The van der Waals surface area contributed by atoms with Crippen molar-refractivity contribution < 1.29 is 0 Å². The highest BCUT2D eigenvalue weighted by molar-refractivity contribution is 6.32. The molecule has 2 saturated carbocycles. The summed E-state index contributed by atoms with van der Waals surface area (Å²) in [7, 11) is 0. The van der Waals surface area contributed by atoms with Crippen LogP contribution in [0.15, 0.2) is 194 Å². The second-order valence-electron chi connectivity index (χ2n) is 25.9. The molecule has 0 aromatic heterocycles. The molecule has 4 aliphatic rings. The van der Waals surface area contributed by atoms with Gasteiger partial charge in [-0.25, -0.2) is 0 Å². The normalized spacial score (nSPS) is 23.3. The van der Waals surface area contributed by atoms with E-state index in [0.717, 1.165) is 0 Å². The van der Waals surface area contributed by atoms with E-state index in [1.807, 2.05) is 0 Å². The van der Waals surface area contributed by atoms with Gasteiger partial charge in [0.05, 0.1) is 11.1 Å². The van der Waals surface area contributed by atoms with Crippen LogP contribution in [0.4, 0.5) is 22.7 Å². The first-order valence-corrected chi connectivity index (χ1v) is 28.6. The minimum absolute atomic E-state index is 0.0166. The number of rotatable bonds is 6. The maximum absolute atomic E-state index is 2.79. The van der Waals surface area contributed by atoms with Crippen LogP contribution < -0.4 is 9.80 Å². The molecular weight excluding hydrogens is 917 g/mol. The molecule has 2 heterocycles. The summed E-state index contributed by atoms with van der Waals surface area (Å²) in [5, 5.41) is 7.95. The number of anilines is 4. The minimum Gasteiger partial charge on any atom is -0.334 e. The molecule has 2 fully saturated rings. The van der Waals surface area contributed by atoms with Crippen LogP contribution in [-0.4, -0.2) is 11.1 Å². The van der Waals surface area contributed by atoms with Crippen LogP contribution in [0.2, 0.25) is 0 Å². The Bertz CT molecular complexity index is 3630. The molecule has 2 aliphatic heterocycles. The Labute approximate surface area is 451 Å². The number of benzene rings is 10. The van der Waals surface area contributed by atoms with Crippen molar-refractivity contribution in [1.82, 2.24) is 0 Å². The van der Waals surface area contributed by atoms with E-state index in [1.165, 1.54) is 162 Å². The summed E-state index contributed by atoms with van der Waals surface area (Å²) in [5.41, 5.74) is 18.4. The van der Waals surface area contributed by atoms with Crippen molar-refractivity contribution in [2.45, 2.75) is 129 Å². The zero-order valence-corrected chi connectivity index (χ0v) is 46.0. The minimum atomic E-state index is -0.0807. The molecule has 2 aliphatic carbocycles. The van der Waals surface area contributed by atoms with Crippen LogP contribution in [0.25, 0.3) is 76.8 Å². The molecule has 10 aromatic carbocycles. The van der Waals surface area contributed by atoms with E-state index >= 15 is 0 Å². The van der Waals surface area contributed by atoms with E-state index in [2.05, 4.69) is 259 Å². The van der Waals surface area contributed by atoms with Crippen LogP contribution >= 0.6 is 0 Å². The SMILES string of the molecule is CC(C)(C)C12CCCCC1(C)c1cc(-c3cc(-c4ccccc4)c4ccc5c(-c6ccc7c(c6)C6(C)CCCCC6(C(C)(C)C)N7c6ccccc6)cc(-c6ccccc6)c6ccc3c4c65)ccc1N2c1ccccc1. The van der Waals surface area contributed by atoms with E-state index in [4.69, 9.17) is 0 Å². The number of hydrogen-bond acceptors (Lipinski definition) is 2. The first-order valence-electron chi connectivity index (χ1n) is 28.6. The Kier molecular flexibility index (Phi) is 10.4. The highest BCUT2D eigenvalue weighted by Crippen LogP contribution is 2.69. The average molecular weight is 989 g/mol. The van der Waals surface area contributed by atoms with Gasteiger partial charge in [-0.15, -0.1) is 0 Å². The van der Waals surface area contributed by atoms with Crippen LogP contribution in [0.1, 0.15) is 118 Å². The number of para-hydroxylation sites is 2. The summed E-state index contributed by atoms with van der Waals surface area (Å²) in [6, 6.07) is 75.1. The lowest BCUT2D eigenvalue weighted by molar-refractivity contribution is 0.0607. The van der Waals surface area contributed by atoms with Crippen molar-refractivity contribution in [2.75, 3.05) is 9.80 Å². The van der Waals surface area contributed by atoms with Gasteiger partial charge < -0.3 is 9.80 Å². The third kappa shape index (κ3) is 6.28. The maximum Gasteiger partial charge on any atom is 0.0594 e. The van der Waals surface area contributed by atoms with Gasteiger partial charge >= 0.3 is 0 Å². The van der Waals surface area contributed by atoms with Gasteiger partial charge in [-0.1, -0.05) is 215 Å². The standard InChI is InChI=1S/C74H72N2/c1-69(2,3)73-43-23-21-41-71(73,7)63-45-51(33-39-65(63)75(73)53-29-17-11-18-30-53)61-47-59(49-25-13-9-14-26-49)55-36-38-58-62(48-60(50-27-15-10-16-28-50)56-35-37-57(61)67(55)68(56)58)52-34-40-66-64(46-52)72(8)42-22-24-44-74(72,70(4,5)6)76(66)54-31-19-12-20-32-54/h9-20,25-40,45-48H,21-24,41-44H2,1-8H3. The Morgan fingerprint density at radius 2 is 0.645 bits per heavy atom. The summed E-state index contributed by atoms with van der Waals surface area (Å²) in [5.74, 6) is 0. The topological polar surface area (TPSA) is 6.48 Å². The number of hydrogen-bond donors (Lipinski definition) is 0. The molecule has 2 nitrogen and oxygen atoms in total. The third-order valence-corrected chi connectivity index (χ3v) is 20.4. The van der Waals surface area contributed by atoms with Gasteiger partial charge in [0.25, 0.3) is 0 Å². The lowest BCUT2D eigenvalue weighted by Crippen LogP contribution is -2.64. The van der Waals surface area contributed by atoms with Crippen molar-refractivity contribution in [3.05, 3.63) is 205 Å². The third-order valence-electron chi connectivity index (χ3n) is 20.4. The summed E-state index contributed by atoms with van der Waals surface area (Å²) in [6.45, 7) is 20.2.